The number of carbonyl (C=O) groups excluding carboxylic acids is 5. The molecule has 1 amide bonds. The van der Waals surface area contributed by atoms with Gasteiger partial charge in [-0.1, -0.05) is 84.0 Å². The Bertz CT molecular complexity index is 1760. The van der Waals surface area contributed by atoms with Crippen LogP contribution in [0.2, 0.25) is 0 Å². The molecule has 3 aliphatic heterocycles. The van der Waals surface area contributed by atoms with E-state index in [1.807, 2.05) is 64.8 Å². The van der Waals surface area contributed by atoms with Crippen LogP contribution in [-0.2, 0) is 20.9 Å². The fraction of sp³-hybridized carbons (Fsp3) is 0.605. The zero-order valence-electron chi connectivity index (χ0n) is 34.5. The van der Waals surface area contributed by atoms with E-state index in [4.69, 9.17) is 18.9 Å². The highest BCUT2D eigenvalue weighted by atomic mass is 33.1. The number of ketones is 2. The molecule has 3 atom stereocenters. The van der Waals surface area contributed by atoms with Crippen molar-refractivity contribution in [1.82, 2.24) is 0 Å². The van der Waals surface area contributed by atoms with Gasteiger partial charge in [0.2, 0.25) is 5.91 Å². The summed E-state index contributed by atoms with van der Waals surface area (Å²) in [6.45, 7) is 2.66. The lowest BCUT2D eigenvalue weighted by Crippen LogP contribution is -2.32. The van der Waals surface area contributed by atoms with Crippen LogP contribution in [-0.4, -0.2) is 76.6 Å². The van der Waals surface area contributed by atoms with Crippen LogP contribution in [0.25, 0.3) is 0 Å². The van der Waals surface area contributed by atoms with Gasteiger partial charge in [0.05, 0.1) is 26.5 Å². The molecule has 0 aliphatic carbocycles. The van der Waals surface area contributed by atoms with Crippen LogP contribution >= 0.6 is 64.8 Å². The largest absolute Gasteiger partial charge is 0.493 e. The fourth-order valence-electron chi connectivity index (χ4n) is 7.06. The Morgan fingerprint density at radius 1 is 0.593 bits per heavy atom. The smallest absolute Gasteiger partial charge is 0.311 e. The van der Waals surface area contributed by atoms with Crippen molar-refractivity contribution in [2.45, 2.75) is 132 Å². The minimum absolute atomic E-state index is 0.0186. The second-order valence-electron chi connectivity index (χ2n) is 15.0. The third kappa shape index (κ3) is 15.0. The number of nitrogens with zero attached hydrogens (tertiary/aromatic N) is 1. The zero-order chi connectivity index (χ0) is 42.1. The van der Waals surface area contributed by atoms with Gasteiger partial charge in [0.1, 0.15) is 0 Å². The molecule has 3 unspecified atom stereocenters. The topological polar surface area (TPSA) is 126 Å². The van der Waals surface area contributed by atoms with Crippen molar-refractivity contribution in [3.63, 3.8) is 0 Å². The van der Waals surface area contributed by atoms with E-state index in [-0.39, 0.29) is 77.5 Å². The van der Waals surface area contributed by atoms with E-state index in [1.165, 1.54) is 57.9 Å². The monoisotopic (exact) mass is 923 g/mol. The molecule has 0 radical (unpaired) electrons. The summed E-state index contributed by atoms with van der Waals surface area (Å²) < 4.78 is 23.6. The molecule has 0 bridgehead atoms. The molecule has 2 aromatic carbocycles. The van der Waals surface area contributed by atoms with E-state index in [9.17, 15) is 24.0 Å². The van der Waals surface area contributed by atoms with Gasteiger partial charge >= 0.3 is 11.9 Å². The molecule has 3 aliphatic rings. The molecular formula is C43H57NO9S6. The third-order valence-electron chi connectivity index (χ3n) is 10.4. The van der Waals surface area contributed by atoms with Crippen LogP contribution in [0.5, 0.6) is 23.0 Å². The van der Waals surface area contributed by atoms with Gasteiger partial charge in [0.15, 0.2) is 34.6 Å². The van der Waals surface area contributed by atoms with Crippen LogP contribution in [0.1, 0.15) is 136 Å². The number of hydrogen-bond donors (Lipinski definition) is 0. The molecule has 5 rings (SSSR count). The summed E-state index contributed by atoms with van der Waals surface area (Å²) >= 11 is 0. The number of benzene rings is 2. The second-order valence-corrected chi connectivity index (χ2v) is 23.3. The molecule has 0 N–H and O–H groups in total. The first kappa shape index (κ1) is 47.9. The van der Waals surface area contributed by atoms with Gasteiger partial charge in [-0.25, -0.2) is 0 Å². The zero-order valence-corrected chi connectivity index (χ0v) is 39.4. The number of unbranched alkanes of at least 4 members (excludes halogenated alkanes) is 3. The maximum Gasteiger partial charge on any atom is 0.311 e. The van der Waals surface area contributed by atoms with Crippen molar-refractivity contribution in [3.05, 3.63) is 41.0 Å². The molecule has 16 heteroatoms. The quantitative estimate of drug-likeness (QED) is 0.0326. The molecule has 324 valence electrons. The van der Waals surface area contributed by atoms with Gasteiger partial charge < -0.3 is 23.8 Å². The van der Waals surface area contributed by atoms with Crippen molar-refractivity contribution < 1.29 is 42.9 Å². The Morgan fingerprint density at radius 3 is 1.47 bits per heavy atom. The summed E-state index contributed by atoms with van der Waals surface area (Å²) in [7, 11) is 14.3. The minimum Gasteiger partial charge on any atom is -0.493 e. The van der Waals surface area contributed by atoms with Crippen molar-refractivity contribution >= 4 is 99.9 Å². The van der Waals surface area contributed by atoms with Crippen LogP contribution in [0.3, 0.4) is 0 Å². The molecule has 2 aromatic rings. The summed E-state index contributed by atoms with van der Waals surface area (Å²) in [4.78, 5) is 68.8. The Hall–Kier alpha value is -2.11. The van der Waals surface area contributed by atoms with Crippen LogP contribution in [0.15, 0.2) is 24.3 Å². The number of esters is 2. The lowest BCUT2D eigenvalue weighted by molar-refractivity contribution is -0.135. The van der Waals surface area contributed by atoms with Crippen molar-refractivity contribution in [2.75, 3.05) is 36.4 Å². The van der Waals surface area contributed by atoms with E-state index in [0.717, 1.165) is 62.2 Å². The molecular weight excluding hydrogens is 867 g/mol. The Kier molecular flexibility index (Phi) is 20.4. The van der Waals surface area contributed by atoms with Gasteiger partial charge in [-0.2, -0.15) is 0 Å². The van der Waals surface area contributed by atoms with Crippen LogP contribution in [0.4, 0.5) is 5.69 Å². The highest BCUT2D eigenvalue weighted by Crippen LogP contribution is 2.44. The Morgan fingerprint density at radius 2 is 1.03 bits per heavy atom. The van der Waals surface area contributed by atoms with Crippen LogP contribution < -0.4 is 23.8 Å². The van der Waals surface area contributed by atoms with Gasteiger partial charge in [-0.15, -0.1) is 0 Å². The second kappa shape index (κ2) is 25.1. The average molecular weight is 924 g/mol. The summed E-state index contributed by atoms with van der Waals surface area (Å²) in [6.07, 6.45) is 11.7. The summed E-state index contributed by atoms with van der Waals surface area (Å²) in [5, 5.41) is 1.76. The predicted molar refractivity (Wildman–Crippen MR) is 249 cm³/mol. The maximum atomic E-state index is 14.6. The van der Waals surface area contributed by atoms with E-state index in [1.54, 1.807) is 12.1 Å². The number of rotatable bonds is 24. The average Bonchev–Trinajstić information content (AvgIpc) is 4.05. The minimum atomic E-state index is -0.479. The lowest BCUT2D eigenvalue weighted by Gasteiger charge is -2.28. The van der Waals surface area contributed by atoms with Crippen LogP contribution in [0, 0.1) is 0 Å². The number of Topliss-reactive ketones (excluding diaryl/α,β-unsaturated/α-hetero) is 2. The first-order valence-corrected chi connectivity index (χ1v) is 27.7. The molecule has 3 fully saturated rings. The standard InChI is InChI=1S/C43H57NO9S6/c1-28(45)30-23-32(42(37(25-30)50-3)52-40(48)15-9-6-12-34-18-21-55-58-34)27-44(39(47)14-8-5-11-33-17-20-54-57-33)36-24-31(29(2)46)26-38(51-4)43(36)53-41(49)16-10-7-13-35-19-22-56-59-35/h23-26,33-35H,5-22,27H2,1-4H3. The predicted octanol–water partition coefficient (Wildman–Crippen LogP) is 11.6. The summed E-state index contributed by atoms with van der Waals surface area (Å²) in [6, 6.07) is 6.20. The third-order valence-corrected chi connectivity index (χ3v) is 19.5. The van der Waals surface area contributed by atoms with Crippen molar-refractivity contribution in [2.24, 2.45) is 0 Å². The normalized spacial score (nSPS) is 18.7. The molecule has 10 nitrogen and oxygen atoms in total. The molecule has 3 saturated heterocycles. The first-order valence-electron chi connectivity index (χ1n) is 20.6. The van der Waals surface area contributed by atoms with E-state index in [0.29, 0.717) is 46.1 Å². The lowest BCUT2D eigenvalue weighted by atomic mass is 10.0. The molecule has 0 aromatic heterocycles. The first-order chi connectivity index (χ1) is 28.6. The van der Waals surface area contributed by atoms with E-state index < -0.39 is 11.9 Å². The number of carbonyl (C=O) groups is 5. The Balaban J connectivity index is 1.46. The van der Waals surface area contributed by atoms with E-state index >= 15 is 0 Å². The number of anilines is 1. The molecule has 0 saturated carbocycles. The van der Waals surface area contributed by atoms with Gasteiger partial charge in [0.25, 0.3) is 0 Å². The highest BCUT2D eigenvalue weighted by molar-refractivity contribution is 8.78. The fourth-order valence-corrected chi connectivity index (χ4v) is 16.1. The number of methoxy groups -OCH3 is 2. The molecule has 59 heavy (non-hydrogen) atoms. The highest BCUT2D eigenvalue weighted by Gasteiger charge is 2.29. The SMILES string of the molecule is COc1cc(C(C)=O)cc(CN(C(=O)CCCCC2CCSS2)c2cc(C(C)=O)cc(OC)c2OC(=O)CCCCC2CCSS2)c1OC(=O)CCCCC1CCSS1. The summed E-state index contributed by atoms with van der Waals surface area (Å²) in [5.74, 6) is 2.13. The summed E-state index contributed by atoms with van der Waals surface area (Å²) in [5.41, 5.74) is 1.08. The number of ether oxygens (including phenoxy) is 4. The van der Waals surface area contributed by atoms with Crippen molar-refractivity contribution in [1.29, 1.82) is 0 Å². The maximum absolute atomic E-state index is 14.6. The van der Waals surface area contributed by atoms with Crippen molar-refractivity contribution in [3.8, 4) is 23.0 Å². The number of hydrogen-bond acceptors (Lipinski definition) is 15. The van der Waals surface area contributed by atoms with Gasteiger partial charge in [-0.3, -0.25) is 24.0 Å². The number of amides is 1. The van der Waals surface area contributed by atoms with Gasteiger partial charge in [-0.05, 0) is 95.9 Å². The Labute approximate surface area is 373 Å². The van der Waals surface area contributed by atoms with Gasteiger partial charge in [0, 0.05) is 69.0 Å². The molecule has 3 heterocycles. The van der Waals surface area contributed by atoms with E-state index in [2.05, 4.69) is 0 Å². The molecule has 0 spiro atoms.